The van der Waals surface area contributed by atoms with E-state index in [0.717, 1.165) is 41.5 Å². The van der Waals surface area contributed by atoms with E-state index in [2.05, 4.69) is 31.9 Å². The van der Waals surface area contributed by atoms with Gasteiger partial charge in [0.1, 0.15) is 238 Å². The molecule has 0 unspecified atom stereocenters. The van der Waals surface area contributed by atoms with Gasteiger partial charge < -0.3 is 265 Å². The predicted octanol–water partition coefficient (Wildman–Crippen LogP) is -22.7. The Morgan fingerprint density at radius 3 is 0.867 bits per heavy atom. The van der Waals surface area contributed by atoms with Gasteiger partial charge in [-0.05, 0) is 0 Å². The van der Waals surface area contributed by atoms with E-state index in [9.17, 15) is 177 Å². The molecular weight excluding hydrogens is 1850 g/mol. The molecule has 135 heavy (non-hydrogen) atoms. The molecule has 0 bridgehead atoms. The number of hydrogen-bond donors (Lipinski definition) is 34. The van der Waals surface area contributed by atoms with E-state index in [4.69, 9.17) is 90.0 Å². The van der Waals surface area contributed by atoms with Crippen molar-refractivity contribution in [1.29, 1.82) is 0 Å². The highest BCUT2D eigenvalue weighted by atomic mass is 16.8. The number of carboxylic acids is 1. The number of carboxylic acid groups (broad SMARTS) is 1. The number of amides is 6. The van der Waals surface area contributed by atoms with Gasteiger partial charge in [-0.15, -0.1) is 0 Å². The van der Waals surface area contributed by atoms with Crippen molar-refractivity contribution in [3.63, 3.8) is 0 Å². The van der Waals surface area contributed by atoms with E-state index in [1.807, 2.05) is 0 Å². The van der Waals surface area contributed by atoms with E-state index < -0.39 is 426 Å². The Morgan fingerprint density at radius 1 is 0.304 bits per heavy atom. The Labute approximate surface area is 764 Å². The van der Waals surface area contributed by atoms with Crippen LogP contribution in [0.3, 0.4) is 0 Å². The first-order chi connectivity index (χ1) is 63.7. The second kappa shape index (κ2) is 48.5. The van der Waals surface area contributed by atoms with Gasteiger partial charge in [0, 0.05) is 48.0 Å². The van der Waals surface area contributed by atoms with Crippen molar-refractivity contribution in [2.45, 2.75) is 360 Å². The number of carbonyl (C=O) groups is 7. The number of aliphatic hydroxyl groups is 27. The zero-order valence-electron chi connectivity index (χ0n) is 72.8. The van der Waals surface area contributed by atoms with Gasteiger partial charge in [-0.3, -0.25) is 28.8 Å². The zero-order valence-corrected chi connectivity index (χ0v) is 72.8. The third-order valence-electron chi connectivity index (χ3n) is 24.2. The van der Waals surface area contributed by atoms with Crippen molar-refractivity contribution in [2.75, 3.05) is 66.1 Å². The van der Waals surface area contributed by atoms with Crippen LogP contribution in [0.4, 0.5) is 0 Å². The molecule has 0 aliphatic carbocycles. The Balaban J connectivity index is 0.820. The molecule has 10 saturated heterocycles. The molecule has 10 fully saturated rings. The lowest BCUT2D eigenvalue weighted by Gasteiger charge is -2.51. The molecule has 34 N–H and O–H groups in total. The van der Waals surface area contributed by atoms with Crippen molar-refractivity contribution in [2.24, 2.45) is 0 Å². The van der Waals surface area contributed by atoms with E-state index in [1.54, 1.807) is 0 Å². The largest absolute Gasteiger partial charge is 0.477 e. The molecule has 60 heteroatoms. The van der Waals surface area contributed by atoms with Gasteiger partial charge in [-0.1, -0.05) is 0 Å². The molecule has 0 aromatic carbocycles. The second-order valence-electron chi connectivity index (χ2n) is 33.9. The average molecular weight is 1970 g/mol. The maximum atomic E-state index is 13.2. The van der Waals surface area contributed by atoms with Crippen LogP contribution in [0.2, 0.25) is 0 Å². The highest BCUT2D eigenvalue weighted by Crippen LogP contribution is 2.43. The van der Waals surface area contributed by atoms with Gasteiger partial charge in [0.2, 0.25) is 35.4 Å². The van der Waals surface area contributed by atoms with Gasteiger partial charge in [-0.2, -0.15) is 0 Å². The number of aliphatic carboxylic acids is 1. The summed E-state index contributed by atoms with van der Waals surface area (Å²) in [5.74, 6) is -10.8. The van der Waals surface area contributed by atoms with Crippen molar-refractivity contribution >= 4 is 41.4 Å². The first-order valence-corrected chi connectivity index (χ1v) is 42.8. The fourth-order valence-electron chi connectivity index (χ4n) is 17.5. The number of carbonyl (C=O) groups excluding carboxylic acids is 6. The molecule has 6 amide bonds. The lowest BCUT2D eigenvalue weighted by atomic mass is 9.88. The molecule has 10 heterocycles. The fourth-order valence-corrected chi connectivity index (χ4v) is 17.5. The Morgan fingerprint density at radius 2 is 0.570 bits per heavy atom. The smallest absolute Gasteiger partial charge is 0.364 e. The first kappa shape index (κ1) is 111. The molecule has 778 valence electrons. The Hall–Kier alpha value is -5.55. The molecule has 0 spiro atoms. The summed E-state index contributed by atoms with van der Waals surface area (Å²) in [5.41, 5.74) is 0. The normalized spacial score (nSPS) is 46.4. The summed E-state index contributed by atoms with van der Waals surface area (Å²) in [6, 6.07) is -10.9. The van der Waals surface area contributed by atoms with E-state index >= 15 is 0 Å². The van der Waals surface area contributed by atoms with Gasteiger partial charge >= 0.3 is 5.97 Å². The van der Waals surface area contributed by atoms with Crippen LogP contribution in [0.15, 0.2) is 0 Å². The Bertz CT molecular complexity index is 3820. The minimum atomic E-state index is -3.28. The number of ether oxygens (including phenoxy) is 19. The highest BCUT2D eigenvalue weighted by molar-refractivity contribution is 5.77. The molecular formula is C75H124N6O54. The van der Waals surface area contributed by atoms with Crippen LogP contribution in [-0.4, -0.2) is 563 Å². The second-order valence-corrected chi connectivity index (χ2v) is 33.9. The summed E-state index contributed by atoms with van der Waals surface area (Å²) in [7, 11) is 0. The minimum absolute atomic E-state index is 0.703. The standard InChI is InChI=1S/C75H124N6O54/c1-18(91)76-35-24(97)7-75(74(115)116,134-60(35)41(99)25(98)8-82)135-64-46(104)29(12-86)122-73(55(64)113)130-59-33(16-90)126-69(40(51(59)109)81-23(6)96)133-63-45(103)28(11-85)121-72(54(63)112)129-58-32(15-89)125-68(39(50(58)108)80-22(5)95)132-62-44(102)27(10-84)120-71(53(62)111)128-57-31(14-88)124-67(38(49(57)107)79-21(4)94)131-61-43(101)26(9-83)119-70(52(61)110)127-56-30(13-87)123-66(37(48(56)106)78-20(3)93)117-17-34-42(100)47(105)36(65(114)118-34)77-19(2)92/h24-73,82-90,97-114H,7-17H2,1-6H3,(H,76,91)(H,77,92)(H,78,93)(H,79,94)(H,80,95)(H,81,96)(H,115,116)/t24-,25+,26+,27+,28+,29+,30+,31+,32+,33+,34+,35+,36+,37+,38+,39+,40+,41+,42-,43-,44-,45-,46-,47+,48+,49+,50+,51+,52+,53+,54+,55+,56+,57+,58+,59+,60+,61-,62-,63-,64-,65-,66+,67-,68-,69-,70-,71-,72-,73-,75-/m0/s1. The maximum Gasteiger partial charge on any atom is 0.364 e. The topological polar surface area (TPSA) is 933 Å². The monoisotopic (exact) mass is 1970 g/mol. The number of aliphatic hydroxyl groups excluding tert-OH is 27. The summed E-state index contributed by atoms with van der Waals surface area (Å²) in [4.78, 5) is 88.9. The first-order valence-electron chi connectivity index (χ1n) is 42.8. The molecule has 0 aromatic rings. The van der Waals surface area contributed by atoms with Gasteiger partial charge in [-0.25, -0.2) is 4.79 Å². The zero-order chi connectivity index (χ0) is 99.9. The number of hydrogen-bond acceptors (Lipinski definition) is 53. The lowest BCUT2D eigenvalue weighted by Crippen LogP contribution is -2.71. The van der Waals surface area contributed by atoms with Gasteiger partial charge in [0.15, 0.2) is 56.6 Å². The minimum Gasteiger partial charge on any atom is -0.477 e. The molecule has 60 nitrogen and oxygen atoms in total. The summed E-state index contributed by atoms with van der Waals surface area (Å²) in [6.45, 7) is -5.64. The van der Waals surface area contributed by atoms with Crippen LogP contribution in [0.5, 0.6) is 0 Å². The highest BCUT2D eigenvalue weighted by Gasteiger charge is 2.64. The van der Waals surface area contributed by atoms with E-state index in [-0.39, 0.29) is 0 Å². The average Bonchev–Trinajstić information content (AvgIpc) is 0.765. The SMILES string of the molecule is CC(=O)N[C@@H]1[C@@H](O)[C@@H](O)[C@@H](CO[C@@H]2O[C@H](CO)[C@@H](O[C@@H]3O[C@H](CO)[C@H](O)[C@H](O[C@@H]4O[C@H](CO)[C@@H](O[C@@H]5O[C@H](CO)[C@H](O)[C@H](O[C@@H]6O[C@H](CO)[C@@H](O[C@@H]7O[C@H](CO)[C@H](O)[C@H](O[C@@H]8O[C@H](CO)[C@@H](O[C@@H]9O[C@H](CO)[C@H](O)[C@H](O[C@]%10(C(=O)O)C[C@H](O)[C@@H](NC(C)=O)[C@H]([C@H](O)[C@H](O)CO)O%10)[C@H]9O)[C@H](O)[C@H]8NC(C)=O)[C@H]7O)[C@H](O)[C@H]6NC(C)=O)[C@H]5O)[C@H](O)[C@H]4NC(C)=O)[C@H]3O)[C@H](O)[C@H]2NC(C)=O)O[C@@H]1O. The van der Waals surface area contributed by atoms with Crippen LogP contribution in [0.25, 0.3) is 0 Å². The van der Waals surface area contributed by atoms with Crippen molar-refractivity contribution in [1.82, 2.24) is 31.9 Å². The molecule has 51 atom stereocenters. The number of rotatable bonds is 37. The summed E-state index contributed by atoms with van der Waals surface area (Å²) < 4.78 is 111. The van der Waals surface area contributed by atoms with Crippen molar-refractivity contribution in [3.05, 3.63) is 0 Å². The maximum absolute atomic E-state index is 13.2. The molecule has 10 rings (SSSR count). The molecule has 10 aliphatic rings. The van der Waals surface area contributed by atoms with E-state index in [1.165, 1.54) is 0 Å². The summed E-state index contributed by atoms with van der Waals surface area (Å²) in [6.07, 6.45) is -94.4. The molecule has 10 aliphatic heterocycles. The molecule has 0 aromatic heterocycles. The molecule has 0 radical (unpaired) electrons. The third kappa shape index (κ3) is 25.0. The van der Waals surface area contributed by atoms with Gasteiger partial charge in [0.25, 0.3) is 5.79 Å². The van der Waals surface area contributed by atoms with Crippen molar-refractivity contribution < 1.29 is 267 Å². The van der Waals surface area contributed by atoms with Crippen molar-refractivity contribution in [3.8, 4) is 0 Å². The summed E-state index contributed by atoms with van der Waals surface area (Å²) in [5, 5.41) is 328. The third-order valence-corrected chi connectivity index (χ3v) is 24.2. The van der Waals surface area contributed by atoms with Crippen LogP contribution in [-0.2, 0) is 124 Å². The quantitative estimate of drug-likeness (QED) is 0.0275. The number of nitrogens with one attached hydrogen (secondary N) is 6. The predicted molar refractivity (Wildman–Crippen MR) is 416 cm³/mol. The van der Waals surface area contributed by atoms with E-state index in [0.29, 0.717) is 0 Å². The lowest BCUT2D eigenvalue weighted by molar-refractivity contribution is -0.392. The van der Waals surface area contributed by atoms with Gasteiger partial charge in [0.05, 0.1) is 78.2 Å². The van der Waals surface area contributed by atoms with Crippen LogP contribution in [0.1, 0.15) is 48.0 Å². The van der Waals surface area contributed by atoms with Crippen LogP contribution < -0.4 is 31.9 Å². The van der Waals surface area contributed by atoms with Crippen LogP contribution >= 0.6 is 0 Å². The fraction of sp³-hybridized carbons (Fsp3) is 0.907. The Kier molecular flexibility index (Phi) is 40.0. The van der Waals surface area contributed by atoms with Crippen LogP contribution in [0, 0.1) is 0 Å². The molecule has 0 saturated carbocycles. The summed E-state index contributed by atoms with van der Waals surface area (Å²) >= 11 is 0.